The highest BCUT2D eigenvalue weighted by Crippen LogP contribution is 2.28. The molecule has 2 rings (SSSR count). The van der Waals surface area contributed by atoms with E-state index in [-0.39, 0.29) is 5.56 Å². The van der Waals surface area contributed by atoms with Gasteiger partial charge in [-0.15, -0.1) is 0 Å². The summed E-state index contributed by atoms with van der Waals surface area (Å²) in [7, 11) is 1.50. The second-order valence-electron chi connectivity index (χ2n) is 5.78. The summed E-state index contributed by atoms with van der Waals surface area (Å²) in [6.07, 6.45) is -1.04. The van der Waals surface area contributed by atoms with E-state index in [1.165, 1.54) is 50.4 Å². The highest BCUT2D eigenvalue weighted by Gasteiger charge is 2.20. The molecule has 2 aromatic carbocycles. The van der Waals surface area contributed by atoms with Crippen molar-refractivity contribution < 1.29 is 28.6 Å². The van der Waals surface area contributed by atoms with Crippen molar-refractivity contribution in [3.05, 3.63) is 53.6 Å². The van der Waals surface area contributed by atoms with Crippen LogP contribution < -0.4 is 20.5 Å². The summed E-state index contributed by atoms with van der Waals surface area (Å²) in [6, 6.07) is 10.7. The van der Waals surface area contributed by atoms with Crippen LogP contribution in [-0.2, 0) is 9.53 Å². The van der Waals surface area contributed by atoms with E-state index in [0.717, 1.165) is 0 Å². The fourth-order valence-corrected chi connectivity index (χ4v) is 2.32. The van der Waals surface area contributed by atoms with Crippen LogP contribution in [0.2, 0.25) is 0 Å². The van der Waals surface area contributed by atoms with Gasteiger partial charge in [-0.3, -0.25) is 9.59 Å². The molecule has 0 aliphatic heterocycles. The molecule has 148 valence electrons. The van der Waals surface area contributed by atoms with E-state index < -0.39 is 23.9 Å². The SMILES string of the molecule is CCOc1cc(C(=O)O[C@H](C)C(=O)Nc2ccc(C(N)=O)cc2)ccc1OC. The largest absolute Gasteiger partial charge is 0.493 e. The van der Waals surface area contributed by atoms with Crippen LogP contribution in [0, 0.1) is 0 Å². The van der Waals surface area contributed by atoms with Crippen molar-refractivity contribution >= 4 is 23.5 Å². The van der Waals surface area contributed by atoms with Gasteiger partial charge in [0.1, 0.15) is 0 Å². The Morgan fingerprint density at radius 1 is 1.04 bits per heavy atom. The number of methoxy groups -OCH3 is 1. The Hall–Kier alpha value is -3.55. The summed E-state index contributed by atoms with van der Waals surface area (Å²) in [5, 5.41) is 2.60. The molecule has 0 aromatic heterocycles. The van der Waals surface area contributed by atoms with Crippen LogP contribution in [0.1, 0.15) is 34.6 Å². The second kappa shape index (κ2) is 9.40. The fourth-order valence-electron chi connectivity index (χ4n) is 2.32. The van der Waals surface area contributed by atoms with Gasteiger partial charge in [0.15, 0.2) is 17.6 Å². The maximum Gasteiger partial charge on any atom is 0.339 e. The van der Waals surface area contributed by atoms with Crippen LogP contribution in [0.4, 0.5) is 5.69 Å². The van der Waals surface area contributed by atoms with E-state index in [0.29, 0.717) is 29.4 Å². The Morgan fingerprint density at radius 2 is 1.68 bits per heavy atom. The first-order valence-electron chi connectivity index (χ1n) is 8.58. The zero-order valence-electron chi connectivity index (χ0n) is 15.9. The van der Waals surface area contributed by atoms with Crippen LogP contribution in [0.5, 0.6) is 11.5 Å². The van der Waals surface area contributed by atoms with Crippen LogP contribution >= 0.6 is 0 Å². The zero-order valence-corrected chi connectivity index (χ0v) is 15.9. The number of esters is 1. The van der Waals surface area contributed by atoms with Crippen LogP contribution in [0.3, 0.4) is 0 Å². The first-order chi connectivity index (χ1) is 13.3. The molecule has 0 spiro atoms. The van der Waals surface area contributed by atoms with Crippen LogP contribution in [0.25, 0.3) is 0 Å². The lowest BCUT2D eigenvalue weighted by molar-refractivity contribution is -0.123. The number of primary amides is 1. The molecule has 2 aromatic rings. The molecule has 0 aliphatic rings. The minimum atomic E-state index is -1.04. The molecule has 0 saturated heterocycles. The van der Waals surface area contributed by atoms with Gasteiger partial charge in [0.05, 0.1) is 19.3 Å². The molecule has 0 bridgehead atoms. The Bertz CT molecular complexity index is 863. The number of benzene rings is 2. The number of hydrogen-bond acceptors (Lipinski definition) is 6. The van der Waals surface area contributed by atoms with Crippen molar-refractivity contribution in [1.82, 2.24) is 0 Å². The topological polar surface area (TPSA) is 117 Å². The molecule has 0 radical (unpaired) electrons. The van der Waals surface area contributed by atoms with Crippen molar-refractivity contribution in [1.29, 1.82) is 0 Å². The molecule has 0 unspecified atom stereocenters. The Balaban J connectivity index is 2.02. The van der Waals surface area contributed by atoms with E-state index in [1.807, 2.05) is 6.92 Å². The van der Waals surface area contributed by atoms with Crippen molar-refractivity contribution in [2.45, 2.75) is 20.0 Å². The number of carbonyl (C=O) groups excluding carboxylic acids is 3. The molecule has 3 N–H and O–H groups in total. The van der Waals surface area contributed by atoms with Crippen LogP contribution in [-0.4, -0.2) is 37.6 Å². The molecule has 8 heteroatoms. The zero-order chi connectivity index (χ0) is 20.7. The minimum Gasteiger partial charge on any atom is -0.493 e. The first-order valence-corrected chi connectivity index (χ1v) is 8.58. The van der Waals surface area contributed by atoms with Gasteiger partial charge in [0.2, 0.25) is 5.91 Å². The van der Waals surface area contributed by atoms with E-state index >= 15 is 0 Å². The summed E-state index contributed by atoms with van der Waals surface area (Å²) < 4.78 is 15.8. The third-order valence-corrected chi connectivity index (χ3v) is 3.79. The van der Waals surface area contributed by atoms with Gasteiger partial charge in [-0.1, -0.05) is 0 Å². The summed E-state index contributed by atoms with van der Waals surface area (Å²) in [4.78, 5) is 35.6. The Morgan fingerprint density at radius 3 is 2.25 bits per heavy atom. The van der Waals surface area contributed by atoms with Gasteiger partial charge in [-0.05, 0) is 56.3 Å². The molecular formula is C20H22N2O6. The lowest BCUT2D eigenvalue weighted by atomic mass is 10.2. The maximum atomic E-state index is 12.3. The number of nitrogens with one attached hydrogen (secondary N) is 1. The normalized spacial score (nSPS) is 11.2. The van der Waals surface area contributed by atoms with E-state index in [1.54, 1.807) is 6.07 Å². The quantitative estimate of drug-likeness (QED) is 0.673. The van der Waals surface area contributed by atoms with Gasteiger partial charge < -0.3 is 25.3 Å². The van der Waals surface area contributed by atoms with Gasteiger partial charge >= 0.3 is 5.97 Å². The number of ether oxygens (including phenoxy) is 3. The van der Waals surface area contributed by atoms with E-state index in [4.69, 9.17) is 19.9 Å². The maximum absolute atomic E-state index is 12.3. The Kier molecular flexibility index (Phi) is 6.97. The second-order valence-corrected chi connectivity index (χ2v) is 5.78. The summed E-state index contributed by atoms with van der Waals surface area (Å²) in [6.45, 7) is 3.67. The molecule has 0 heterocycles. The van der Waals surface area contributed by atoms with Crippen molar-refractivity contribution in [2.24, 2.45) is 5.73 Å². The Labute approximate surface area is 162 Å². The monoisotopic (exact) mass is 386 g/mol. The third-order valence-electron chi connectivity index (χ3n) is 3.79. The molecular weight excluding hydrogens is 364 g/mol. The summed E-state index contributed by atoms with van der Waals surface area (Å²) in [5.41, 5.74) is 6.17. The average Bonchev–Trinajstić information content (AvgIpc) is 2.68. The van der Waals surface area contributed by atoms with Gasteiger partial charge in [0, 0.05) is 11.3 Å². The minimum absolute atomic E-state index is 0.231. The molecule has 0 saturated carbocycles. The molecule has 8 nitrogen and oxygen atoms in total. The highest BCUT2D eigenvalue weighted by atomic mass is 16.5. The molecule has 1 atom stereocenters. The lowest BCUT2D eigenvalue weighted by Gasteiger charge is -2.15. The third kappa shape index (κ3) is 5.23. The van der Waals surface area contributed by atoms with E-state index in [2.05, 4.69) is 5.32 Å². The predicted molar refractivity (Wildman–Crippen MR) is 103 cm³/mol. The standard InChI is InChI=1S/C20H22N2O6/c1-4-27-17-11-14(7-10-16(17)26-3)20(25)28-12(2)19(24)22-15-8-5-13(6-9-15)18(21)23/h5-12H,4H2,1-3H3,(H2,21,23)(H,22,24)/t12-/m1/s1. The number of anilines is 1. The smallest absolute Gasteiger partial charge is 0.339 e. The number of amides is 2. The van der Waals surface area contributed by atoms with Crippen molar-refractivity contribution in [3.8, 4) is 11.5 Å². The predicted octanol–water partition coefficient (Wildman–Crippen LogP) is 2.38. The average molecular weight is 386 g/mol. The van der Waals surface area contributed by atoms with Crippen LogP contribution in [0.15, 0.2) is 42.5 Å². The van der Waals surface area contributed by atoms with Gasteiger partial charge in [-0.2, -0.15) is 0 Å². The van der Waals surface area contributed by atoms with Gasteiger partial charge in [0.25, 0.3) is 5.91 Å². The fraction of sp³-hybridized carbons (Fsp3) is 0.250. The number of hydrogen-bond donors (Lipinski definition) is 2. The number of rotatable bonds is 8. The molecule has 0 fully saturated rings. The molecule has 0 aliphatic carbocycles. The number of carbonyl (C=O) groups is 3. The number of nitrogens with two attached hydrogens (primary N) is 1. The van der Waals surface area contributed by atoms with Gasteiger partial charge in [-0.25, -0.2) is 4.79 Å². The van der Waals surface area contributed by atoms with Crippen molar-refractivity contribution in [3.63, 3.8) is 0 Å². The summed E-state index contributed by atoms with van der Waals surface area (Å²) >= 11 is 0. The first kappa shape index (κ1) is 20.8. The van der Waals surface area contributed by atoms with E-state index in [9.17, 15) is 14.4 Å². The highest BCUT2D eigenvalue weighted by molar-refractivity contribution is 5.98. The lowest BCUT2D eigenvalue weighted by Crippen LogP contribution is -2.30. The molecule has 28 heavy (non-hydrogen) atoms. The van der Waals surface area contributed by atoms with Crippen molar-refractivity contribution in [2.75, 3.05) is 19.0 Å². The molecule has 2 amide bonds. The summed E-state index contributed by atoms with van der Waals surface area (Å²) in [5.74, 6) is -0.852.